The molecule has 0 saturated carbocycles. The molecule has 148 valence electrons. The highest BCUT2D eigenvalue weighted by Crippen LogP contribution is 2.31. The van der Waals surface area contributed by atoms with Crippen LogP contribution in [-0.2, 0) is 4.74 Å². The number of para-hydroxylation sites is 2. The average Bonchev–Trinajstić information content (AvgIpc) is 3.12. The maximum atomic E-state index is 5.49. The van der Waals surface area contributed by atoms with Gasteiger partial charge in [0.1, 0.15) is 5.75 Å². The number of nitrogens with zero attached hydrogens (tertiary/aromatic N) is 2. The standard InChI is InChI=1S/C19H32N4O2.HI/c1-4-20-19(21-11-13-25-5-2)22-14-16-10-12-23(15-16)17-8-6-7-9-18(17)24-3;/h6-9,16H,4-5,10-15H2,1-3H3,(H2,20,21,22);1H. The van der Waals surface area contributed by atoms with Gasteiger partial charge in [-0.15, -0.1) is 24.0 Å². The topological polar surface area (TPSA) is 58.1 Å². The molecule has 0 spiro atoms. The third-order valence-electron chi connectivity index (χ3n) is 4.31. The van der Waals surface area contributed by atoms with Crippen molar-refractivity contribution in [1.82, 2.24) is 10.6 Å². The van der Waals surface area contributed by atoms with Crippen LogP contribution in [0.2, 0.25) is 0 Å². The van der Waals surface area contributed by atoms with Gasteiger partial charge in [0, 0.05) is 39.3 Å². The Hall–Kier alpha value is -1.22. The molecular formula is C19H33IN4O2. The highest BCUT2D eigenvalue weighted by atomic mass is 127. The highest BCUT2D eigenvalue weighted by Gasteiger charge is 2.24. The van der Waals surface area contributed by atoms with Crippen LogP contribution in [0.15, 0.2) is 29.3 Å². The second-order valence-corrected chi connectivity index (χ2v) is 6.12. The number of methoxy groups -OCH3 is 1. The maximum Gasteiger partial charge on any atom is 0.191 e. The fourth-order valence-electron chi connectivity index (χ4n) is 3.04. The summed E-state index contributed by atoms with van der Waals surface area (Å²) in [5, 5.41) is 6.62. The minimum atomic E-state index is 0. The van der Waals surface area contributed by atoms with E-state index in [-0.39, 0.29) is 24.0 Å². The fourth-order valence-corrected chi connectivity index (χ4v) is 3.04. The Morgan fingerprint density at radius 3 is 2.81 bits per heavy atom. The minimum absolute atomic E-state index is 0. The Morgan fingerprint density at radius 2 is 2.08 bits per heavy atom. The highest BCUT2D eigenvalue weighted by molar-refractivity contribution is 14.0. The molecular weight excluding hydrogens is 443 g/mol. The first-order chi connectivity index (χ1) is 12.3. The summed E-state index contributed by atoms with van der Waals surface area (Å²) in [6, 6.07) is 8.22. The summed E-state index contributed by atoms with van der Waals surface area (Å²) in [5.74, 6) is 2.38. The van der Waals surface area contributed by atoms with Crippen LogP contribution in [-0.4, -0.2) is 59.0 Å². The Bertz CT molecular complexity index is 542. The number of halogens is 1. The fraction of sp³-hybridized carbons (Fsp3) is 0.632. The molecule has 1 aromatic rings. The van der Waals surface area contributed by atoms with Gasteiger partial charge in [0.2, 0.25) is 0 Å². The molecule has 1 fully saturated rings. The Labute approximate surface area is 174 Å². The maximum absolute atomic E-state index is 5.49. The number of guanidine groups is 1. The van der Waals surface area contributed by atoms with Crippen LogP contribution in [0.5, 0.6) is 5.75 Å². The number of hydrogen-bond acceptors (Lipinski definition) is 4. The van der Waals surface area contributed by atoms with Crippen molar-refractivity contribution in [2.75, 3.05) is 57.9 Å². The molecule has 0 aliphatic carbocycles. The van der Waals surface area contributed by atoms with Gasteiger partial charge in [-0.3, -0.25) is 4.99 Å². The third-order valence-corrected chi connectivity index (χ3v) is 4.31. The molecule has 1 unspecified atom stereocenters. The van der Waals surface area contributed by atoms with Gasteiger partial charge in [-0.1, -0.05) is 12.1 Å². The molecule has 2 N–H and O–H groups in total. The first-order valence-electron chi connectivity index (χ1n) is 9.26. The SMILES string of the molecule is CCNC(=NCC1CCN(c2ccccc2OC)C1)NCCOCC.I. The molecule has 2 rings (SSSR count). The van der Waals surface area contributed by atoms with Gasteiger partial charge in [-0.25, -0.2) is 0 Å². The predicted molar refractivity (Wildman–Crippen MR) is 119 cm³/mol. The quantitative estimate of drug-likeness (QED) is 0.249. The molecule has 0 aromatic heterocycles. The molecule has 26 heavy (non-hydrogen) atoms. The molecule has 1 aromatic carbocycles. The van der Waals surface area contributed by atoms with E-state index in [2.05, 4.69) is 34.6 Å². The van der Waals surface area contributed by atoms with Gasteiger partial charge in [0.15, 0.2) is 5.96 Å². The number of aliphatic imine (C=N–C) groups is 1. The van der Waals surface area contributed by atoms with Crippen molar-refractivity contribution in [1.29, 1.82) is 0 Å². The largest absolute Gasteiger partial charge is 0.495 e. The van der Waals surface area contributed by atoms with Crippen molar-refractivity contribution in [3.05, 3.63) is 24.3 Å². The van der Waals surface area contributed by atoms with Crippen LogP contribution in [0.1, 0.15) is 20.3 Å². The molecule has 6 nitrogen and oxygen atoms in total. The van der Waals surface area contributed by atoms with Crippen molar-refractivity contribution < 1.29 is 9.47 Å². The normalized spacial score (nSPS) is 17.0. The summed E-state index contributed by atoms with van der Waals surface area (Å²) in [7, 11) is 1.73. The first kappa shape index (κ1) is 22.8. The summed E-state index contributed by atoms with van der Waals surface area (Å²) < 4.78 is 10.8. The summed E-state index contributed by atoms with van der Waals surface area (Å²) in [4.78, 5) is 7.14. The van der Waals surface area contributed by atoms with E-state index in [1.807, 2.05) is 19.1 Å². The Morgan fingerprint density at radius 1 is 1.27 bits per heavy atom. The van der Waals surface area contributed by atoms with E-state index in [1.165, 1.54) is 5.69 Å². The number of ether oxygens (including phenoxy) is 2. The van der Waals surface area contributed by atoms with Crippen LogP contribution in [0, 0.1) is 5.92 Å². The van der Waals surface area contributed by atoms with Crippen molar-refractivity contribution in [2.24, 2.45) is 10.9 Å². The molecule has 1 atom stereocenters. The minimum Gasteiger partial charge on any atom is -0.495 e. The lowest BCUT2D eigenvalue weighted by Gasteiger charge is -2.21. The molecule has 0 bridgehead atoms. The number of rotatable bonds is 9. The van der Waals surface area contributed by atoms with E-state index in [0.717, 1.165) is 57.5 Å². The molecule has 1 heterocycles. The monoisotopic (exact) mass is 476 g/mol. The van der Waals surface area contributed by atoms with Gasteiger partial charge in [0.05, 0.1) is 19.4 Å². The van der Waals surface area contributed by atoms with Crippen LogP contribution in [0.4, 0.5) is 5.69 Å². The Kier molecular flexibility index (Phi) is 11.4. The summed E-state index contributed by atoms with van der Waals surface area (Å²) in [6.45, 7) is 10.1. The zero-order chi connectivity index (χ0) is 17.9. The third kappa shape index (κ3) is 7.19. The molecule has 0 amide bonds. The van der Waals surface area contributed by atoms with E-state index in [1.54, 1.807) is 7.11 Å². The van der Waals surface area contributed by atoms with Crippen molar-refractivity contribution in [2.45, 2.75) is 20.3 Å². The van der Waals surface area contributed by atoms with Crippen molar-refractivity contribution in [3.8, 4) is 5.75 Å². The Balaban J connectivity index is 0.00000338. The van der Waals surface area contributed by atoms with E-state index in [9.17, 15) is 0 Å². The van der Waals surface area contributed by atoms with Crippen LogP contribution in [0.25, 0.3) is 0 Å². The lowest BCUT2D eigenvalue weighted by Crippen LogP contribution is -2.39. The van der Waals surface area contributed by atoms with Crippen LogP contribution < -0.4 is 20.3 Å². The van der Waals surface area contributed by atoms with Crippen molar-refractivity contribution in [3.63, 3.8) is 0 Å². The number of anilines is 1. The van der Waals surface area contributed by atoms with Gasteiger partial charge >= 0.3 is 0 Å². The van der Waals surface area contributed by atoms with Gasteiger partial charge in [-0.2, -0.15) is 0 Å². The summed E-state index contributed by atoms with van der Waals surface area (Å²) >= 11 is 0. The van der Waals surface area contributed by atoms with E-state index >= 15 is 0 Å². The van der Waals surface area contributed by atoms with E-state index < -0.39 is 0 Å². The van der Waals surface area contributed by atoms with Gasteiger partial charge in [0.25, 0.3) is 0 Å². The van der Waals surface area contributed by atoms with Crippen LogP contribution >= 0.6 is 24.0 Å². The number of benzene rings is 1. The summed E-state index contributed by atoms with van der Waals surface area (Å²) in [5.41, 5.74) is 1.18. The lowest BCUT2D eigenvalue weighted by molar-refractivity contribution is 0.152. The predicted octanol–water partition coefficient (Wildman–Crippen LogP) is 2.73. The molecule has 7 heteroatoms. The first-order valence-corrected chi connectivity index (χ1v) is 9.26. The van der Waals surface area contributed by atoms with E-state index in [4.69, 9.17) is 14.5 Å². The van der Waals surface area contributed by atoms with Gasteiger partial charge < -0.3 is 25.0 Å². The second-order valence-electron chi connectivity index (χ2n) is 6.12. The van der Waals surface area contributed by atoms with Crippen LogP contribution in [0.3, 0.4) is 0 Å². The zero-order valence-electron chi connectivity index (χ0n) is 16.2. The summed E-state index contributed by atoms with van der Waals surface area (Å²) in [6.07, 6.45) is 1.15. The van der Waals surface area contributed by atoms with Crippen molar-refractivity contribution >= 4 is 35.6 Å². The second kappa shape index (κ2) is 13.0. The molecule has 0 radical (unpaired) electrons. The molecule has 1 aliphatic heterocycles. The number of hydrogen-bond donors (Lipinski definition) is 2. The zero-order valence-corrected chi connectivity index (χ0v) is 18.5. The van der Waals surface area contributed by atoms with Gasteiger partial charge in [-0.05, 0) is 38.3 Å². The lowest BCUT2D eigenvalue weighted by atomic mass is 10.1. The molecule has 1 saturated heterocycles. The van der Waals surface area contributed by atoms with E-state index in [0.29, 0.717) is 12.5 Å². The number of nitrogens with one attached hydrogen (secondary N) is 2. The smallest absolute Gasteiger partial charge is 0.191 e. The average molecular weight is 476 g/mol. The molecule has 1 aliphatic rings.